The van der Waals surface area contributed by atoms with Crippen molar-refractivity contribution in [3.63, 3.8) is 0 Å². The number of para-hydroxylation sites is 1. The van der Waals surface area contributed by atoms with E-state index < -0.39 is 0 Å². The minimum atomic E-state index is 0.466. The second-order valence-electron chi connectivity index (χ2n) is 4.49. The zero-order valence-electron chi connectivity index (χ0n) is 12.0. The first-order chi connectivity index (χ1) is 9.85. The van der Waals surface area contributed by atoms with Gasteiger partial charge in [0.2, 0.25) is 0 Å². The van der Waals surface area contributed by atoms with Gasteiger partial charge in [0.25, 0.3) is 0 Å². The molecule has 0 fully saturated rings. The lowest BCUT2D eigenvalue weighted by Gasteiger charge is -2.09. The average molecular weight is 291 g/mol. The Bertz CT molecular complexity index is 525. The van der Waals surface area contributed by atoms with Crippen molar-refractivity contribution >= 4 is 11.8 Å². The molecule has 1 N–H and O–H groups in total. The minimum absolute atomic E-state index is 0.466. The fourth-order valence-electron chi connectivity index (χ4n) is 1.93. The summed E-state index contributed by atoms with van der Waals surface area (Å²) in [4.78, 5) is 1.14. The predicted octanol–water partition coefficient (Wildman–Crippen LogP) is 4.08. The molecule has 0 saturated heterocycles. The van der Waals surface area contributed by atoms with E-state index in [-0.39, 0.29) is 0 Å². The minimum Gasteiger partial charge on any atom is -0.484 e. The smallest absolute Gasteiger partial charge is 0.146 e. The molecule has 0 spiro atoms. The topological polar surface area (TPSA) is 34.4 Å². The molecule has 1 heterocycles. The van der Waals surface area contributed by atoms with Gasteiger partial charge >= 0.3 is 0 Å². The zero-order valence-corrected chi connectivity index (χ0v) is 12.8. The van der Waals surface area contributed by atoms with E-state index in [1.54, 1.807) is 18.0 Å². The first-order valence-electron chi connectivity index (χ1n) is 6.87. The quantitative estimate of drug-likeness (QED) is 0.587. The molecule has 20 heavy (non-hydrogen) atoms. The predicted molar refractivity (Wildman–Crippen MR) is 83.3 cm³/mol. The highest BCUT2D eigenvalue weighted by Gasteiger charge is 2.08. The lowest BCUT2D eigenvalue weighted by atomic mass is 10.2. The van der Waals surface area contributed by atoms with Crippen molar-refractivity contribution < 1.29 is 9.15 Å². The largest absolute Gasteiger partial charge is 0.484 e. The molecular weight excluding hydrogens is 270 g/mol. The normalized spacial score (nSPS) is 10.7. The Balaban J connectivity index is 1.95. The number of hydrogen-bond acceptors (Lipinski definition) is 4. The summed E-state index contributed by atoms with van der Waals surface area (Å²) < 4.78 is 11.4. The van der Waals surface area contributed by atoms with Crippen LogP contribution < -0.4 is 10.1 Å². The van der Waals surface area contributed by atoms with Crippen molar-refractivity contribution in [1.82, 2.24) is 5.32 Å². The van der Waals surface area contributed by atoms with Crippen LogP contribution in [0.2, 0.25) is 0 Å². The molecule has 0 atom stereocenters. The van der Waals surface area contributed by atoms with Gasteiger partial charge < -0.3 is 14.5 Å². The van der Waals surface area contributed by atoms with Crippen molar-refractivity contribution in [2.24, 2.45) is 0 Å². The zero-order chi connectivity index (χ0) is 14.2. The summed E-state index contributed by atoms with van der Waals surface area (Å²) in [5.41, 5.74) is 1.17. The Morgan fingerprint density at radius 2 is 2.10 bits per heavy atom. The molecule has 108 valence electrons. The Morgan fingerprint density at radius 1 is 1.25 bits per heavy atom. The van der Waals surface area contributed by atoms with Crippen LogP contribution in [0, 0.1) is 0 Å². The Morgan fingerprint density at radius 3 is 2.90 bits per heavy atom. The van der Waals surface area contributed by atoms with Gasteiger partial charge in [-0.25, -0.2) is 0 Å². The van der Waals surface area contributed by atoms with E-state index in [0.717, 1.165) is 35.9 Å². The molecule has 0 aliphatic carbocycles. The molecule has 2 aromatic rings. The maximum Gasteiger partial charge on any atom is 0.146 e. The van der Waals surface area contributed by atoms with Gasteiger partial charge in [0.15, 0.2) is 0 Å². The Kier molecular flexibility index (Phi) is 6.02. The van der Waals surface area contributed by atoms with E-state index in [0.29, 0.717) is 6.61 Å². The van der Waals surface area contributed by atoms with Gasteiger partial charge in [0, 0.05) is 17.0 Å². The summed E-state index contributed by atoms with van der Waals surface area (Å²) in [5, 5.41) is 3.38. The molecule has 0 aliphatic heterocycles. The van der Waals surface area contributed by atoms with Crippen LogP contribution in [0.25, 0.3) is 0 Å². The number of ether oxygens (including phenoxy) is 1. The maximum absolute atomic E-state index is 5.88. The molecule has 4 heteroatoms. The molecule has 0 radical (unpaired) electrons. The van der Waals surface area contributed by atoms with Crippen LogP contribution in [0.4, 0.5) is 0 Å². The van der Waals surface area contributed by atoms with Gasteiger partial charge in [0.05, 0.1) is 6.26 Å². The fourth-order valence-corrected chi connectivity index (χ4v) is 2.48. The third kappa shape index (κ3) is 4.05. The molecule has 0 unspecified atom stereocenters. The summed E-state index contributed by atoms with van der Waals surface area (Å²) >= 11 is 1.69. The molecule has 0 aliphatic rings. The van der Waals surface area contributed by atoms with Crippen LogP contribution in [0.15, 0.2) is 45.9 Å². The van der Waals surface area contributed by atoms with Crippen LogP contribution in [0.5, 0.6) is 5.75 Å². The summed E-state index contributed by atoms with van der Waals surface area (Å²) in [5.74, 6) is 1.80. The lowest BCUT2D eigenvalue weighted by Crippen LogP contribution is -2.14. The van der Waals surface area contributed by atoms with Crippen LogP contribution in [-0.4, -0.2) is 12.8 Å². The summed E-state index contributed by atoms with van der Waals surface area (Å²) in [7, 11) is 0. The summed E-state index contributed by atoms with van der Waals surface area (Å²) in [6.07, 6.45) is 4.90. The van der Waals surface area contributed by atoms with E-state index in [1.165, 1.54) is 5.56 Å². The molecule has 1 aromatic heterocycles. The highest BCUT2D eigenvalue weighted by atomic mass is 32.2. The van der Waals surface area contributed by atoms with Gasteiger partial charge in [-0.05, 0) is 37.4 Å². The highest BCUT2D eigenvalue weighted by Crippen LogP contribution is 2.28. The number of thioether (sulfide) groups is 1. The molecule has 0 amide bonds. The van der Waals surface area contributed by atoms with E-state index in [4.69, 9.17) is 9.15 Å². The molecule has 0 bridgehead atoms. The van der Waals surface area contributed by atoms with Crippen molar-refractivity contribution in [3.05, 3.63) is 47.9 Å². The summed E-state index contributed by atoms with van der Waals surface area (Å²) in [6.45, 7) is 4.47. The van der Waals surface area contributed by atoms with Gasteiger partial charge in [-0.3, -0.25) is 0 Å². The SMILES string of the molecule is CCCNCc1ccoc1COc1ccccc1SC. The van der Waals surface area contributed by atoms with E-state index in [9.17, 15) is 0 Å². The maximum atomic E-state index is 5.88. The molecule has 2 rings (SSSR count). The fraction of sp³-hybridized carbons (Fsp3) is 0.375. The number of hydrogen-bond donors (Lipinski definition) is 1. The monoisotopic (exact) mass is 291 g/mol. The lowest BCUT2D eigenvalue weighted by molar-refractivity contribution is 0.262. The van der Waals surface area contributed by atoms with E-state index >= 15 is 0 Å². The van der Waals surface area contributed by atoms with Crippen LogP contribution >= 0.6 is 11.8 Å². The summed E-state index contributed by atoms with van der Waals surface area (Å²) in [6, 6.07) is 10.1. The van der Waals surface area contributed by atoms with Crippen LogP contribution in [-0.2, 0) is 13.2 Å². The molecule has 1 aromatic carbocycles. The van der Waals surface area contributed by atoms with E-state index in [1.807, 2.05) is 24.3 Å². The second kappa shape index (κ2) is 8.02. The number of rotatable bonds is 8. The standard InChI is InChI=1S/C16H21NO2S/c1-3-9-17-11-13-8-10-18-15(13)12-19-14-6-4-5-7-16(14)20-2/h4-8,10,17H,3,9,11-12H2,1-2H3. The van der Waals surface area contributed by atoms with Gasteiger partial charge in [-0.1, -0.05) is 19.1 Å². The average Bonchev–Trinajstić information content (AvgIpc) is 2.93. The third-order valence-corrected chi connectivity index (χ3v) is 3.78. The number of benzene rings is 1. The van der Waals surface area contributed by atoms with Gasteiger partial charge in [-0.2, -0.15) is 0 Å². The Labute approximate surface area is 124 Å². The third-order valence-electron chi connectivity index (χ3n) is 3.01. The van der Waals surface area contributed by atoms with Gasteiger partial charge in [0.1, 0.15) is 18.1 Å². The van der Waals surface area contributed by atoms with Gasteiger partial charge in [-0.15, -0.1) is 11.8 Å². The van der Waals surface area contributed by atoms with Crippen molar-refractivity contribution in [2.45, 2.75) is 31.4 Å². The van der Waals surface area contributed by atoms with Crippen LogP contribution in [0.1, 0.15) is 24.7 Å². The Hall–Kier alpha value is -1.39. The van der Waals surface area contributed by atoms with Crippen molar-refractivity contribution in [2.75, 3.05) is 12.8 Å². The number of furan rings is 1. The van der Waals surface area contributed by atoms with E-state index in [2.05, 4.69) is 24.6 Å². The van der Waals surface area contributed by atoms with Crippen molar-refractivity contribution in [1.29, 1.82) is 0 Å². The molecule has 3 nitrogen and oxygen atoms in total. The second-order valence-corrected chi connectivity index (χ2v) is 5.33. The highest BCUT2D eigenvalue weighted by molar-refractivity contribution is 7.98. The first-order valence-corrected chi connectivity index (χ1v) is 8.09. The molecular formula is C16H21NO2S. The number of nitrogens with one attached hydrogen (secondary N) is 1. The van der Waals surface area contributed by atoms with Crippen LogP contribution in [0.3, 0.4) is 0 Å². The van der Waals surface area contributed by atoms with Crippen molar-refractivity contribution in [3.8, 4) is 5.75 Å². The molecule has 0 saturated carbocycles. The first kappa shape index (κ1) is 15.0.